The number of hydrogen-bond donors (Lipinski definition) is 1. The summed E-state index contributed by atoms with van der Waals surface area (Å²) in [6.45, 7) is 5.99. The molecule has 0 aliphatic carbocycles. The van der Waals surface area contributed by atoms with Crippen LogP contribution in [0.4, 0.5) is 0 Å². The normalized spacial score (nSPS) is 12.2. The van der Waals surface area contributed by atoms with Crippen LogP contribution in [0.3, 0.4) is 0 Å². The zero-order valence-corrected chi connectivity index (χ0v) is 11.4. The van der Waals surface area contributed by atoms with Crippen LogP contribution in [-0.4, -0.2) is 23.4 Å². The molecule has 1 rings (SSSR count). The van der Waals surface area contributed by atoms with E-state index < -0.39 is 5.97 Å². The molecule has 0 fully saturated rings. The fraction of sp³-hybridized carbons (Fsp3) is 0.462. The maximum absolute atomic E-state index is 10.6. The zero-order valence-electron chi connectivity index (χ0n) is 10.6. The molecule has 0 heterocycles. The van der Waals surface area contributed by atoms with E-state index in [1.54, 1.807) is 18.9 Å². The first kappa shape index (κ1) is 13.9. The second kappa shape index (κ2) is 5.96. The van der Waals surface area contributed by atoms with Gasteiger partial charge in [0, 0.05) is 10.1 Å². The van der Waals surface area contributed by atoms with E-state index in [1.165, 1.54) is 11.1 Å². The lowest BCUT2D eigenvalue weighted by atomic mass is 10.1. The van der Waals surface area contributed by atoms with Crippen LogP contribution in [0, 0.1) is 13.8 Å². The third-order valence-electron chi connectivity index (χ3n) is 2.57. The van der Waals surface area contributed by atoms with Gasteiger partial charge in [-0.05, 0) is 37.1 Å². The molecular formula is C13H18O3S. The number of rotatable bonds is 5. The molecular weight excluding hydrogens is 236 g/mol. The highest BCUT2D eigenvalue weighted by Crippen LogP contribution is 2.35. The van der Waals surface area contributed by atoms with Gasteiger partial charge in [0.2, 0.25) is 0 Å². The molecule has 0 saturated carbocycles. The van der Waals surface area contributed by atoms with Crippen LogP contribution in [0.5, 0.6) is 5.75 Å². The summed E-state index contributed by atoms with van der Waals surface area (Å²) in [5.74, 6) is 0.0446. The van der Waals surface area contributed by atoms with Crippen molar-refractivity contribution in [1.29, 1.82) is 0 Å². The molecule has 1 aromatic rings. The molecule has 1 atom stereocenters. The maximum Gasteiger partial charge on any atom is 0.304 e. The van der Waals surface area contributed by atoms with Crippen LogP contribution in [0.25, 0.3) is 0 Å². The molecule has 0 bridgehead atoms. The van der Waals surface area contributed by atoms with E-state index in [2.05, 4.69) is 6.07 Å². The Morgan fingerprint density at radius 2 is 2.00 bits per heavy atom. The Morgan fingerprint density at radius 3 is 2.53 bits per heavy atom. The van der Waals surface area contributed by atoms with Gasteiger partial charge in [-0.15, -0.1) is 11.8 Å². The molecule has 3 nitrogen and oxygen atoms in total. The number of aryl methyl sites for hydroxylation is 2. The highest BCUT2D eigenvalue weighted by Gasteiger charge is 2.13. The zero-order chi connectivity index (χ0) is 13.0. The molecule has 0 saturated heterocycles. The van der Waals surface area contributed by atoms with E-state index >= 15 is 0 Å². The van der Waals surface area contributed by atoms with Gasteiger partial charge >= 0.3 is 5.97 Å². The van der Waals surface area contributed by atoms with E-state index in [4.69, 9.17) is 9.84 Å². The van der Waals surface area contributed by atoms with Crippen molar-refractivity contribution in [2.45, 2.75) is 37.3 Å². The maximum atomic E-state index is 10.6. The highest BCUT2D eigenvalue weighted by molar-refractivity contribution is 8.00. The molecule has 1 aromatic carbocycles. The monoisotopic (exact) mass is 254 g/mol. The Morgan fingerprint density at radius 1 is 1.41 bits per heavy atom. The average molecular weight is 254 g/mol. The summed E-state index contributed by atoms with van der Waals surface area (Å²) in [5.41, 5.74) is 2.37. The predicted molar refractivity (Wildman–Crippen MR) is 70.0 cm³/mol. The summed E-state index contributed by atoms with van der Waals surface area (Å²) < 4.78 is 5.32. The number of benzene rings is 1. The Bertz CT molecular complexity index is 415. The molecule has 0 aromatic heterocycles. The number of aliphatic carboxylic acids is 1. The van der Waals surface area contributed by atoms with Crippen molar-refractivity contribution < 1.29 is 14.6 Å². The van der Waals surface area contributed by atoms with E-state index in [1.807, 2.05) is 26.8 Å². The lowest BCUT2D eigenvalue weighted by molar-refractivity contribution is -0.136. The smallest absolute Gasteiger partial charge is 0.304 e. The largest absolute Gasteiger partial charge is 0.496 e. The lowest BCUT2D eigenvalue weighted by Gasteiger charge is -2.14. The first-order chi connectivity index (χ1) is 7.93. The quantitative estimate of drug-likeness (QED) is 0.819. The van der Waals surface area contributed by atoms with Crippen LogP contribution >= 0.6 is 11.8 Å². The molecule has 1 N–H and O–H groups in total. The minimum absolute atomic E-state index is 0.0310. The van der Waals surface area contributed by atoms with Gasteiger partial charge in [0.25, 0.3) is 0 Å². The van der Waals surface area contributed by atoms with Crippen LogP contribution in [-0.2, 0) is 4.79 Å². The Labute approximate surface area is 106 Å². The van der Waals surface area contributed by atoms with Crippen molar-refractivity contribution in [2.75, 3.05) is 7.11 Å². The van der Waals surface area contributed by atoms with Crippen LogP contribution in [0.2, 0.25) is 0 Å². The van der Waals surface area contributed by atoms with Gasteiger partial charge in [-0.3, -0.25) is 4.79 Å². The van der Waals surface area contributed by atoms with Crippen LogP contribution in [0.15, 0.2) is 17.0 Å². The van der Waals surface area contributed by atoms with Crippen LogP contribution in [0.1, 0.15) is 24.5 Å². The number of carboxylic acids is 1. The first-order valence-corrected chi connectivity index (χ1v) is 6.35. The summed E-state index contributed by atoms with van der Waals surface area (Å²) in [7, 11) is 1.63. The molecule has 0 aliphatic heterocycles. The third kappa shape index (κ3) is 3.97. The lowest BCUT2D eigenvalue weighted by Crippen LogP contribution is -2.05. The summed E-state index contributed by atoms with van der Waals surface area (Å²) in [5, 5.41) is 8.77. The second-order valence-electron chi connectivity index (χ2n) is 4.11. The standard InChI is InChI=1S/C13H18O3S/c1-8-5-11(16-4)12(6-9(8)2)17-10(3)7-13(14)15/h5-6,10H,7H2,1-4H3,(H,14,15). The molecule has 4 heteroatoms. The van der Waals surface area contributed by atoms with Gasteiger partial charge in [0.1, 0.15) is 5.75 Å². The Hall–Kier alpha value is -1.16. The summed E-state index contributed by atoms with van der Waals surface area (Å²) in [4.78, 5) is 11.6. The molecule has 0 spiro atoms. The van der Waals surface area contributed by atoms with Crippen molar-refractivity contribution in [3.8, 4) is 5.75 Å². The molecule has 17 heavy (non-hydrogen) atoms. The van der Waals surface area contributed by atoms with E-state index in [0.29, 0.717) is 0 Å². The van der Waals surface area contributed by atoms with Gasteiger partial charge in [-0.2, -0.15) is 0 Å². The van der Waals surface area contributed by atoms with Crippen molar-refractivity contribution in [3.63, 3.8) is 0 Å². The summed E-state index contributed by atoms with van der Waals surface area (Å²) in [6, 6.07) is 4.04. The predicted octanol–water partition coefficient (Wildman–Crippen LogP) is 3.27. The van der Waals surface area contributed by atoms with Gasteiger partial charge < -0.3 is 9.84 Å². The van der Waals surface area contributed by atoms with Gasteiger partial charge in [-0.1, -0.05) is 6.92 Å². The van der Waals surface area contributed by atoms with Crippen molar-refractivity contribution in [1.82, 2.24) is 0 Å². The van der Waals surface area contributed by atoms with E-state index in [-0.39, 0.29) is 11.7 Å². The SMILES string of the molecule is COc1cc(C)c(C)cc1SC(C)CC(=O)O. The van der Waals surface area contributed by atoms with Crippen molar-refractivity contribution in [2.24, 2.45) is 0 Å². The highest BCUT2D eigenvalue weighted by atomic mass is 32.2. The number of hydrogen-bond acceptors (Lipinski definition) is 3. The number of carbonyl (C=O) groups is 1. The molecule has 0 amide bonds. The van der Waals surface area contributed by atoms with Gasteiger partial charge in [0.05, 0.1) is 13.5 Å². The fourth-order valence-corrected chi connectivity index (χ4v) is 2.68. The third-order valence-corrected chi connectivity index (χ3v) is 3.71. The topological polar surface area (TPSA) is 46.5 Å². The summed E-state index contributed by atoms with van der Waals surface area (Å²) in [6.07, 6.45) is 0.154. The molecule has 1 unspecified atom stereocenters. The Balaban J connectivity index is 2.89. The number of thioether (sulfide) groups is 1. The summed E-state index contributed by atoms with van der Waals surface area (Å²) >= 11 is 1.54. The van der Waals surface area contributed by atoms with Crippen LogP contribution < -0.4 is 4.74 Å². The molecule has 0 aliphatic rings. The van der Waals surface area contributed by atoms with Gasteiger partial charge in [0.15, 0.2) is 0 Å². The van der Waals surface area contributed by atoms with Crippen molar-refractivity contribution in [3.05, 3.63) is 23.3 Å². The number of carboxylic acid groups (broad SMARTS) is 1. The Kier molecular flexibility index (Phi) is 4.87. The first-order valence-electron chi connectivity index (χ1n) is 5.47. The minimum atomic E-state index is -0.771. The molecule has 94 valence electrons. The minimum Gasteiger partial charge on any atom is -0.496 e. The average Bonchev–Trinajstić information content (AvgIpc) is 2.21. The van der Waals surface area contributed by atoms with Gasteiger partial charge in [-0.25, -0.2) is 0 Å². The van der Waals surface area contributed by atoms with E-state index in [0.717, 1.165) is 10.6 Å². The second-order valence-corrected chi connectivity index (χ2v) is 5.59. The van der Waals surface area contributed by atoms with Crippen molar-refractivity contribution >= 4 is 17.7 Å². The fourth-order valence-electron chi connectivity index (χ4n) is 1.52. The number of methoxy groups -OCH3 is 1. The van der Waals surface area contributed by atoms with E-state index in [9.17, 15) is 4.79 Å². The molecule has 0 radical (unpaired) electrons. The number of ether oxygens (including phenoxy) is 1.